The highest BCUT2D eigenvalue weighted by Crippen LogP contribution is 2.43. The molecule has 19 heavy (non-hydrogen) atoms. The number of nitrogens with two attached hydrogens (primary N) is 1. The van der Waals surface area contributed by atoms with Crippen LogP contribution in [0.25, 0.3) is 0 Å². The quantitative estimate of drug-likeness (QED) is 0.828. The first-order chi connectivity index (χ1) is 9.06. The van der Waals surface area contributed by atoms with Crippen molar-refractivity contribution >= 4 is 32.4 Å². The van der Waals surface area contributed by atoms with Crippen LogP contribution in [0.1, 0.15) is 46.0 Å². The Kier molecular flexibility index (Phi) is 3.39. The van der Waals surface area contributed by atoms with Gasteiger partial charge in [0.15, 0.2) is 5.13 Å². The second-order valence-corrected chi connectivity index (χ2v) is 7.24. The molecule has 1 aliphatic carbocycles. The van der Waals surface area contributed by atoms with Crippen LogP contribution in [0.5, 0.6) is 0 Å². The molecule has 1 aromatic heterocycles. The summed E-state index contributed by atoms with van der Waals surface area (Å²) in [5.74, 6) is 0.478. The molecule has 0 aliphatic heterocycles. The van der Waals surface area contributed by atoms with Gasteiger partial charge in [-0.25, -0.2) is 4.98 Å². The summed E-state index contributed by atoms with van der Waals surface area (Å²) in [6, 6.07) is 4.42. The molecule has 3 rings (SSSR count). The summed E-state index contributed by atoms with van der Waals surface area (Å²) >= 11 is 5.25. The maximum absolute atomic E-state index is 5.90. The summed E-state index contributed by atoms with van der Waals surface area (Å²) in [5, 5.41) is 0.712. The fraction of sp³-hybridized carbons (Fsp3) is 0.400. The number of aryl methyl sites for hydroxylation is 3. The zero-order chi connectivity index (χ0) is 13.6. The van der Waals surface area contributed by atoms with Crippen molar-refractivity contribution in [3.63, 3.8) is 0 Å². The van der Waals surface area contributed by atoms with Crippen LogP contribution in [0, 0.1) is 13.8 Å². The highest BCUT2D eigenvalue weighted by Gasteiger charge is 2.27. The maximum Gasteiger partial charge on any atom is 0.180 e. The summed E-state index contributed by atoms with van der Waals surface area (Å²) in [4.78, 5) is 5.88. The molecule has 2 nitrogen and oxygen atoms in total. The molecule has 1 atom stereocenters. The molecule has 100 valence electrons. The molecule has 0 saturated carbocycles. The SMILES string of the molecule is Cc1cc(Br)cc(C)c1C1CCCc2nc(N)sc21. The molecule has 2 aromatic rings. The monoisotopic (exact) mass is 336 g/mol. The lowest BCUT2D eigenvalue weighted by Crippen LogP contribution is -2.11. The lowest BCUT2D eigenvalue weighted by molar-refractivity contribution is 0.613. The van der Waals surface area contributed by atoms with Gasteiger partial charge in [-0.2, -0.15) is 0 Å². The molecule has 0 fully saturated rings. The van der Waals surface area contributed by atoms with Gasteiger partial charge in [0.05, 0.1) is 5.69 Å². The van der Waals surface area contributed by atoms with Gasteiger partial charge in [-0.1, -0.05) is 15.9 Å². The van der Waals surface area contributed by atoms with E-state index in [9.17, 15) is 0 Å². The van der Waals surface area contributed by atoms with Crippen molar-refractivity contribution in [3.8, 4) is 0 Å². The Balaban J connectivity index is 2.14. The van der Waals surface area contributed by atoms with Gasteiger partial charge in [-0.15, -0.1) is 11.3 Å². The summed E-state index contributed by atoms with van der Waals surface area (Å²) in [6.07, 6.45) is 3.49. The molecule has 1 heterocycles. The van der Waals surface area contributed by atoms with E-state index in [-0.39, 0.29) is 0 Å². The van der Waals surface area contributed by atoms with Crippen molar-refractivity contribution in [2.24, 2.45) is 0 Å². The molecule has 0 spiro atoms. The van der Waals surface area contributed by atoms with E-state index in [1.165, 1.54) is 40.1 Å². The number of hydrogen-bond acceptors (Lipinski definition) is 3. The first-order valence-electron chi connectivity index (χ1n) is 6.58. The average molecular weight is 337 g/mol. The Hall–Kier alpha value is -0.870. The van der Waals surface area contributed by atoms with E-state index in [1.54, 1.807) is 11.3 Å². The third kappa shape index (κ3) is 2.32. The molecule has 0 radical (unpaired) electrons. The highest BCUT2D eigenvalue weighted by molar-refractivity contribution is 9.10. The van der Waals surface area contributed by atoms with E-state index in [0.717, 1.165) is 10.9 Å². The van der Waals surface area contributed by atoms with Crippen LogP contribution in [-0.4, -0.2) is 4.98 Å². The Morgan fingerprint density at radius 1 is 1.32 bits per heavy atom. The zero-order valence-corrected chi connectivity index (χ0v) is 13.6. The molecule has 2 N–H and O–H groups in total. The van der Waals surface area contributed by atoms with Gasteiger partial charge in [0.25, 0.3) is 0 Å². The van der Waals surface area contributed by atoms with Crippen LogP contribution in [-0.2, 0) is 6.42 Å². The molecular formula is C15H17BrN2S. The number of rotatable bonds is 1. The standard InChI is InChI=1S/C15H17BrN2S/c1-8-6-10(16)7-9(2)13(8)11-4-3-5-12-14(11)19-15(17)18-12/h6-7,11H,3-5H2,1-2H3,(H2,17,18). The molecule has 0 bridgehead atoms. The van der Waals surface area contributed by atoms with Gasteiger partial charge in [0, 0.05) is 15.3 Å². The number of hydrogen-bond donors (Lipinski definition) is 1. The van der Waals surface area contributed by atoms with E-state index in [1.807, 2.05) is 0 Å². The number of halogens is 1. The molecule has 4 heteroatoms. The minimum absolute atomic E-state index is 0.478. The molecule has 0 amide bonds. The lowest BCUT2D eigenvalue weighted by atomic mass is 9.82. The Morgan fingerprint density at radius 2 is 2.00 bits per heavy atom. The molecule has 1 unspecified atom stereocenters. The van der Waals surface area contributed by atoms with E-state index in [2.05, 4.69) is 46.9 Å². The molecular weight excluding hydrogens is 320 g/mol. The highest BCUT2D eigenvalue weighted by atomic mass is 79.9. The second-order valence-electron chi connectivity index (χ2n) is 5.26. The third-order valence-corrected chi connectivity index (χ3v) is 5.37. The number of anilines is 1. The van der Waals surface area contributed by atoms with Crippen LogP contribution < -0.4 is 5.73 Å². The number of benzene rings is 1. The molecule has 1 aromatic carbocycles. The van der Waals surface area contributed by atoms with E-state index in [0.29, 0.717) is 11.0 Å². The summed E-state index contributed by atoms with van der Waals surface area (Å²) < 4.78 is 1.16. The minimum Gasteiger partial charge on any atom is -0.375 e. The van der Waals surface area contributed by atoms with Gasteiger partial charge < -0.3 is 5.73 Å². The smallest absolute Gasteiger partial charge is 0.180 e. The Labute approximate surface area is 126 Å². The number of aromatic nitrogens is 1. The largest absolute Gasteiger partial charge is 0.375 e. The second kappa shape index (κ2) is 4.91. The molecule has 1 aliphatic rings. The van der Waals surface area contributed by atoms with Crippen molar-refractivity contribution in [1.82, 2.24) is 4.98 Å². The predicted octanol–water partition coefficient (Wildman–Crippen LogP) is 4.57. The Morgan fingerprint density at radius 3 is 2.68 bits per heavy atom. The van der Waals surface area contributed by atoms with Crippen molar-refractivity contribution in [2.75, 3.05) is 5.73 Å². The first kappa shape index (κ1) is 13.1. The van der Waals surface area contributed by atoms with E-state index >= 15 is 0 Å². The van der Waals surface area contributed by atoms with Crippen LogP contribution in [0.2, 0.25) is 0 Å². The van der Waals surface area contributed by atoms with Crippen molar-refractivity contribution in [2.45, 2.75) is 39.0 Å². The summed E-state index contributed by atoms with van der Waals surface area (Å²) in [7, 11) is 0. The number of nitrogen functional groups attached to an aromatic ring is 1. The third-order valence-electron chi connectivity index (χ3n) is 3.87. The fourth-order valence-electron chi connectivity index (χ4n) is 3.19. The van der Waals surface area contributed by atoms with Crippen LogP contribution in [0.15, 0.2) is 16.6 Å². The normalized spacial score (nSPS) is 18.4. The zero-order valence-electron chi connectivity index (χ0n) is 11.2. The van der Waals surface area contributed by atoms with E-state index < -0.39 is 0 Å². The number of nitrogens with zero attached hydrogens (tertiary/aromatic N) is 1. The predicted molar refractivity (Wildman–Crippen MR) is 84.9 cm³/mol. The van der Waals surface area contributed by atoms with Gasteiger partial charge in [-0.05, 0) is 61.9 Å². The average Bonchev–Trinajstić information content (AvgIpc) is 2.68. The van der Waals surface area contributed by atoms with Crippen LogP contribution in [0.4, 0.5) is 5.13 Å². The topological polar surface area (TPSA) is 38.9 Å². The number of thiazole rings is 1. The summed E-state index contributed by atoms with van der Waals surface area (Å²) in [6.45, 7) is 4.40. The van der Waals surface area contributed by atoms with Crippen molar-refractivity contribution < 1.29 is 0 Å². The van der Waals surface area contributed by atoms with Gasteiger partial charge in [0.1, 0.15) is 0 Å². The van der Waals surface area contributed by atoms with Gasteiger partial charge in [0.2, 0.25) is 0 Å². The van der Waals surface area contributed by atoms with Gasteiger partial charge in [-0.3, -0.25) is 0 Å². The van der Waals surface area contributed by atoms with Crippen molar-refractivity contribution in [1.29, 1.82) is 0 Å². The fourth-order valence-corrected chi connectivity index (χ4v) is 4.90. The minimum atomic E-state index is 0.478. The van der Waals surface area contributed by atoms with Crippen molar-refractivity contribution in [3.05, 3.63) is 43.9 Å². The first-order valence-corrected chi connectivity index (χ1v) is 8.19. The summed E-state index contributed by atoms with van der Waals surface area (Å²) in [5.41, 5.74) is 11.3. The number of fused-ring (bicyclic) bond motifs is 1. The maximum atomic E-state index is 5.90. The molecule has 0 saturated heterocycles. The van der Waals surface area contributed by atoms with Crippen LogP contribution >= 0.6 is 27.3 Å². The Bertz CT molecular complexity index is 610. The lowest BCUT2D eigenvalue weighted by Gasteiger charge is -2.25. The van der Waals surface area contributed by atoms with Gasteiger partial charge >= 0.3 is 0 Å². The van der Waals surface area contributed by atoms with Crippen LogP contribution in [0.3, 0.4) is 0 Å². The van der Waals surface area contributed by atoms with E-state index in [4.69, 9.17) is 5.73 Å².